The third-order valence-corrected chi connectivity index (χ3v) is 5.39. The van der Waals surface area contributed by atoms with Gasteiger partial charge in [0, 0.05) is 0 Å². The van der Waals surface area contributed by atoms with E-state index in [0.29, 0.717) is 5.69 Å². The quantitative estimate of drug-likeness (QED) is 0.719. The van der Waals surface area contributed by atoms with Crippen molar-refractivity contribution in [2.24, 2.45) is 5.14 Å². The minimum Gasteiger partial charge on any atom is -0.300 e. The molecule has 0 saturated heterocycles. The van der Waals surface area contributed by atoms with Crippen LogP contribution in [0.25, 0.3) is 10.8 Å². The smallest absolute Gasteiger partial charge is 0.299 e. The molecule has 6 nitrogen and oxygen atoms in total. The molecule has 0 aliphatic carbocycles. The van der Waals surface area contributed by atoms with Crippen molar-refractivity contribution in [3.05, 3.63) is 71.8 Å². The lowest BCUT2D eigenvalue weighted by atomic mass is 10.0. The number of fused-ring (bicyclic) bond motifs is 2. The first-order valence-electron chi connectivity index (χ1n) is 7.86. The van der Waals surface area contributed by atoms with E-state index in [1.165, 1.54) is 17.0 Å². The van der Waals surface area contributed by atoms with Gasteiger partial charge in [-0.1, -0.05) is 42.5 Å². The summed E-state index contributed by atoms with van der Waals surface area (Å²) in [5, 5.41) is 7.14. The molecule has 1 heterocycles. The number of rotatable bonds is 3. The van der Waals surface area contributed by atoms with Crippen LogP contribution in [0.15, 0.2) is 65.6 Å². The van der Waals surface area contributed by atoms with Crippen molar-refractivity contribution in [3.63, 3.8) is 0 Å². The molecule has 7 heteroatoms. The van der Waals surface area contributed by atoms with Crippen molar-refractivity contribution >= 4 is 38.2 Å². The normalized spacial score (nSPS) is 14.1. The summed E-state index contributed by atoms with van der Waals surface area (Å²) < 4.78 is 23.0. The maximum atomic E-state index is 12.5. The molecule has 1 amide bonds. The van der Waals surface area contributed by atoms with Gasteiger partial charge >= 0.3 is 0 Å². The number of amides is 1. The Labute approximate surface area is 149 Å². The molecule has 0 saturated carbocycles. The minimum absolute atomic E-state index is 0.0572. The van der Waals surface area contributed by atoms with Gasteiger partial charge in [0.1, 0.15) is 0 Å². The van der Waals surface area contributed by atoms with E-state index in [-0.39, 0.29) is 17.0 Å². The molecule has 1 aliphatic rings. The Morgan fingerprint density at radius 2 is 1.65 bits per heavy atom. The molecule has 26 heavy (non-hydrogen) atoms. The van der Waals surface area contributed by atoms with Gasteiger partial charge in [-0.25, -0.2) is 13.6 Å². The van der Waals surface area contributed by atoms with Crippen LogP contribution in [0.4, 0.5) is 5.69 Å². The second kappa shape index (κ2) is 5.76. The lowest BCUT2D eigenvalue weighted by Crippen LogP contribution is -2.29. The molecular weight excluding hydrogens is 352 g/mol. The summed E-state index contributed by atoms with van der Waals surface area (Å²) in [7, 11) is -3.95. The third kappa shape index (κ3) is 2.58. The number of benzene rings is 3. The van der Waals surface area contributed by atoms with Gasteiger partial charge in [-0.05, 0) is 34.5 Å². The first kappa shape index (κ1) is 16.4. The fourth-order valence-electron chi connectivity index (χ4n) is 3.21. The SMILES string of the molecule is NS(=O)(=O)c1ccc2c(c1)C(=O)C(=O)N2Cc1cccc2ccccc12. The number of Topliss-reactive ketones (excluding diaryl/α,β-unsaturated/α-hetero) is 1. The van der Waals surface area contributed by atoms with E-state index in [0.717, 1.165) is 22.4 Å². The number of ketones is 1. The highest BCUT2D eigenvalue weighted by Gasteiger charge is 2.36. The topological polar surface area (TPSA) is 97.5 Å². The van der Waals surface area contributed by atoms with E-state index in [1.54, 1.807) is 0 Å². The summed E-state index contributed by atoms with van der Waals surface area (Å²) in [6, 6.07) is 17.5. The molecule has 3 aromatic carbocycles. The van der Waals surface area contributed by atoms with E-state index >= 15 is 0 Å². The largest absolute Gasteiger partial charge is 0.300 e. The zero-order chi connectivity index (χ0) is 18.5. The highest BCUT2D eigenvalue weighted by atomic mass is 32.2. The molecule has 0 fully saturated rings. The number of hydrogen-bond donors (Lipinski definition) is 1. The summed E-state index contributed by atoms with van der Waals surface area (Å²) >= 11 is 0. The highest BCUT2D eigenvalue weighted by molar-refractivity contribution is 7.89. The van der Waals surface area contributed by atoms with Crippen molar-refractivity contribution < 1.29 is 18.0 Å². The number of primary sulfonamides is 1. The van der Waals surface area contributed by atoms with E-state index in [1.807, 2.05) is 42.5 Å². The van der Waals surface area contributed by atoms with Gasteiger partial charge in [0.15, 0.2) is 0 Å². The molecule has 4 rings (SSSR count). The van der Waals surface area contributed by atoms with Crippen LogP contribution in [0.2, 0.25) is 0 Å². The average Bonchev–Trinajstić information content (AvgIpc) is 2.86. The third-order valence-electron chi connectivity index (χ3n) is 4.48. The van der Waals surface area contributed by atoms with Crippen molar-refractivity contribution in [3.8, 4) is 0 Å². The van der Waals surface area contributed by atoms with Crippen LogP contribution in [-0.2, 0) is 21.4 Å². The number of carbonyl (C=O) groups excluding carboxylic acids is 2. The maximum absolute atomic E-state index is 12.5. The van der Waals surface area contributed by atoms with Crippen LogP contribution >= 0.6 is 0 Å². The predicted molar refractivity (Wildman–Crippen MR) is 97.3 cm³/mol. The lowest BCUT2D eigenvalue weighted by molar-refractivity contribution is -0.114. The molecule has 0 atom stereocenters. The molecule has 3 aromatic rings. The summed E-state index contributed by atoms with van der Waals surface area (Å²) in [5.41, 5.74) is 1.34. The molecule has 0 bridgehead atoms. The average molecular weight is 366 g/mol. The standard InChI is InChI=1S/C19H14N2O4S/c20-26(24,25)14-8-9-17-16(10-14)18(22)19(23)21(17)11-13-6-3-5-12-4-1-2-7-15(12)13/h1-10H,11H2,(H2,20,24,25). The van der Waals surface area contributed by atoms with Crippen LogP contribution < -0.4 is 10.0 Å². The Balaban J connectivity index is 1.80. The summed E-state index contributed by atoms with van der Waals surface area (Å²) in [5.74, 6) is -1.41. The molecular formula is C19H14N2O4S. The molecule has 0 radical (unpaired) electrons. The second-order valence-corrected chi connectivity index (χ2v) is 7.64. The van der Waals surface area contributed by atoms with Gasteiger partial charge in [0.05, 0.1) is 22.7 Å². The number of nitrogens with zero attached hydrogens (tertiary/aromatic N) is 1. The number of anilines is 1. The first-order valence-corrected chi connectivity index (χ1v) is 9.40. The fourth-order valence-corrected chi connectivity index (χ4v) is 3.75. The summed E-state index contributed by atoms with van der Waals surface area (Å²) in [4.78, 5) is 25.9. The number of sulfonamides is 1. The Bertz CT molecular complexity index is 1180. The first-order chi connectivity index (χ1) is 12.4. The highest BCUT2D eigenvalue weighted by Crippen LogP contribution is 2.33. The van der Waals surface area contributed by atoms with Crippen LogP contribution in [0.1, 0.15) is 15.9 Å². The van der Waals surface area contributed by atoms with Crippen LogP contribution in [0.5, 0.6) is 0 Å². The monoisotopic (exact) mass is 366 g/mol. The Morgan fingerprint density at radius 1 is 0.923 bits per heavy atom. The molecule has 0 unspecified atom stereocenters. The molecule has 0 spiro atoms. The van der Waals surface area contributed by atoms with E-state index in [4.69, 9.17) is 5.14 Å². The fraction of sp³-hybridized carbons (Fsp3) is 0.0526. The second-order valence-electron chi connectivity index (χ2n) is 6.08. The number of hydrogen-bond acceptors (Lipinski definition) is 4. The number of carbonyl (C=O) groups is 2. The van der Waals surface area contributed by atoms with Crippen molar-refractivity contribution in [2.75, 3.05) is 4.90 Å². The minimum atomic E-state index is -3.95. The van der Waals surface area contributed by atoms with Crippen LogP contribution in [0, 0.1) is 0 Å². The lowest BCUT2D eigenvalue weighted by Gasteiger charge is -2.18. The number of nitrogens with two attached hydrogens (primary N) is 1. The van der Waals surface area contributed by atoms with Gasteiger partial charge in [-0.15, -0.1) is 0 Å². The molecule has 0 aromatic heterocycles. The Hall–Kier alpha value is -3.03. The van der Waals surface area contributed by atoms with Gasteiger partial charge in [0.25, 0.3) is 11.7 Å². The van der Waals surface area contributed by atoms with Crippen molar-refractivity contribution in [1.82, 2.24) is 0 Å². The summed E-state index contributed by atoms with van der Waals surface area (Å²) in [6.45, 7) is 0.216. The van der Waals surface area contributed by atoms with Gasteiger partial charge in [0.2, 0.25) is 10.0 Å². The molecule has 130 valence electrons. The molecule has 2 N–H and O–H groups in total. The zero-order valence-electron chi connectivity index (χ0n) is 13.5. The Kier molecular flexibility index (Phi) is 3.64. The Morgan fingerprint density at radius 3 is 2.42 bits per heavy atom. The summed E-state index contributed by atoms with van der Waals surface area (Å²) in [6.07, 6.45) is 0. The van der Waals surface area contributed by atoms with E-state index < -0.39 is 21.7 Å². The zero-order valence-corrected chi connectivity index (χ0v) is 14.4. The van der Waals surface area contributed by atoms with Crippen molar-refractivity contribution in [1.29, 1.82) is 0 Å². The maximum Gasteiger partial charge on any atom is 0.299 e. The van der Waals surface area contributed by atoms with Crippen LogP contribution in [0.3, 0.4) is 0 Å². The van der Waals surface area contributed by atoms with E-state index in [9.17, 15) is 18.0 Å². The molecule has 1 aliphatic heterocycles. The van der Waals surface area contributed by atoms with E-state index in [2.05, 4.69) is 0 Å². The predicted octanol–water partition coefficient (Wildman–Crippen LogP) is 2.22. The van der Waals surface area contributed by atoms with Gasteiger partial charge in [-0.3, -0.25) is 9.59 Å². The van der Waals surface area contributed by atoms with Gasteiger partial charge < -0.3 is 4.90 Å². The van der Waals surface area contributed by atoms with Gasteiger partial charge in [-0.2, -0.15) is 0 Å². The van der Waals surface area contributed by atoms with Crippen LogP contribution in [-0.4, -0.2) is 20.1 Å². The van der Waals surface area contributed by atoms with Crippen molar-refractivity contribution in [2.45, 2.75) is 11.4 Å².